The van der Waals surface area contributed by atoms with Crippen LogP contribution in [0.5, 0.6) is 0 Å². The number of hydrogen-bond acceptors (Lipinski definition) is 3. The molecule has 1 amide bonds. The molecule has 4 atom stereocenters. The van der Waals surface area contributed by atoms with E-state index in [0.717, 1.165) is 32.4 Å². The van der Waals surface area contributed by atoms with Gasteiger partial charge < -0.3 is 10.6 Å². The van der Waals surface area contributed by atoms with Gasteiger partial charge in [-0.2, -0.15) is 11.8 Å². The fourth-order valence-corrected chi connectivity index (χ4v) is 4.18. The van der Waals surface area contributed by atoms with E-state index in [0.29, 0.717) is 16.4 Å². The molecule has 1 heterocycles. The van der Waals surface area contributed by atoms with Crippen molar-refractivity contribution >= 4 is 17.7 Å². The molecule has 0 aromatic heterocycles. The van der Waals surface area contributed by atoms with Gasteiger partial charge in [-0.05, 0) is 19.3 Å². The molecule has 1 aliphatic heterocycles. The van der Waals surface area contributed by atoms with E-state index in [2.05, 4.69) is 18.7 Å². The molecule has 2 aliphatic rings. The molecular formula is C12H22N2OS. The first-order valence-corrected chi connectivity index (χ1v) is 7.20. The number of nitrogens with two attached hydrogens (primary N) is 1. The Labute approximate surface area is 102 Å². The lowest BCUT2D eigenvalue weighted by molar-refractivity contribution is -0.135. The van der Waals surface area contributed by atoms with Crippen molar-refractivity contribution in [2.45, 2.75) is 49.7 Å². The van der Waals surface area contributed by atoms with Gasteiger partial charge in [-0.25, -0.2) is 0 Å². The van der Waals surface area contributed by atoms with Crippen molar-refractivity contribution in [3.8, 4) is 0 Å². The quantitative estimate of drug-likeness (QED) is 0.757. The average Bonchev–Trinajstić information content (AvgIpc) is 2.62. The summed E-state index contributed by atoms with van der Waals surface area (Å²) in [7, 11) is 0. The maximum absolute atomic E-state index is 12.3. The van der Waals surface area contributed by atoms with Crippen LogP contribution in [-0.2, 0) is 4.79 Å². The van der Waals surface area contributed by atoms with Crippen molar-refractivity contribution < 1.29 is 4.79 Å². The Morgan fingerprint density at radius 2 is 1.88 bits per heavy atom. The summed E-state index contributed by atoms with van der Waals surface area (Å²) in [4.78, 5) is 14.4. The predicted octanol–water partition coefficient (Wildman–Crippen LogP) is 1.47. The summed E-state index contributed by atoms with van der Waals surface area (Å²) >= 11 is 1.99. The van der Waals surface area contributed by atoms with Gasteiger partial charge in [0.15, 0.2) is 0 Å². The number of amides is 1. The molecule has 4 unspecified atom stereocenters. The molecule has 0 aromatic carbocycles. The van der Waals surface area contributed by atoms with Gasteiger partial charge in [0, 0.05) is 35.5 Å². The molecule has 1 saturated heterocycles. The van der Waals surface area contributed by atoms with Crippen LogP contribution < -0.4 is 5.73 Å². The molecule has 2 rings (SSSR count). The zero-order valence-corrected chi connectivity index (χ0v) is 11.0. The number of hydrogen-bond donors (Lipinski definition) is 1. The number of nitrogens with zero attached hydrogens (tertiary/aromatic N) is 1. The highest BCUT2D eigenvalue weighted by Gasteiger charge is 2.34. The van der Waals surface area contributed by atoms with Crippen LogP contribution in [0.15, 0.2) is 0 Å². The predicted molar refractivity (Wildman–Crippen MR) is 68.4 cm³/mol. The fraction of sp³-hybridized carbons (Fsp3) is 0.917. The number of carbonyl (C=O) groups excluding carboxylic acids is 1. The second kappa shape index (κ2) is 4.96. The Morgan fingerprint density at radius 1 is 1.25 bits per heavy atom. The zero-order valence-electron chi connectivity index (χ0n) is 10.2. The van der Waals surface area contributed by atoms with E-state index in [4.69, 9.17) is 5.73 Å². The van der Waals surface area contributed by atoms with Crippen molar-refractivity contribution in [1.29, 1.82) is 0 Å². The molecule has 2 N–H and O–H groups in total. The van der Waals surface area contributed by atoms with E-state index < -0.39 is 0 Å². The fourth-order valence-electron chi connectivity index (χ4n) is 2.86. The molecule has 1 aliphatic carbocycles. The van der Waals surface area contributed by atoms with Gasteiger partial charge in [-0.1, -0.05) is 13.8 Å². The number of carbonyl (C=O) groups is 1. The van der Waals surface area contributed by atoms with Gasteiger partial charge in [-0.15, -0.1) is 0 Å². The third-order valence-corrected chi connectivity index (χ3v) is 4.78. The minimum Gasteiger partial charge on any atom is -0.340 e. The third-order valence-electron chi connectivity index (χ3n) is 3.55. The van der Waals surface area contributed by atoms with Crippen LogP contribution in [0, 0.1) is 5.92 Å². The summed E-state index contributed by atoms with van der Waals surface area (Å²) < 4.78 is 0. The van der Waals surface area contributed by atoms with Crippen LogP contribution in [0.4, 0.5) is 0 Å². The largest absolute Gasteiger partial charge is 0.340 e. The summed E-state index contributed by atoms with van der Waals surface area (Å²) in [6.45, 7) is 6.25. The van der Waals surface area contributed by atoms with Crippen LogP contribution in [0.3, 0.4) is 0 Å². The smallest absolute Gasteiger partial charge is 0.225 e. The molecule has 1 saturated carbocycles. The van der Waals surface area contributed by atoms with Crippen LogP contribution in [0.2, 0.25) is 0 Å². The lowest BCUT2D eigenvalue weighted by Gasteiger charge is -2.36. The number of rotatable bonds is 1. The lowest BCUT2D eigenvalue weighted by Crippen LogP contribution is -2.46. The van der Waals surface area contributed by atoms with Gasteiger partial charge in [-0.3, -0.25) is 4.79 Å². The first-order valence-electron chi connectivity index (χ1n) is 6.26. The van der Waals surface area contributed by atoms with Crippen molar-refractivity contribution in [3.63, 3.8) is 0 Å². The van der Waals surface area contributed by atoms with E-state index >= 15 is 0 Å². The monoisotopic (exact) mass is 242 g/mol. The normalized spacial score (nSPS) is 40.1. The van der Waals surface area contributed by atoms with Gasteiger partial charge >= 0.3 is 0 Å². The summed E-state index contributed by atoms with van der Waals surface area (Å²) in [5.74, 6) is 0.560. The first kappa shape index (κ1) is 12.2. The van der Waals surface area contributed by atoms with Crippen molar-refractivity contribution in [2.24, 2.45) is 11.7 Å². The van der Waals surface area contributed by atoms with E-state index in [1.54, 1.807) is 0 Å². The van der Waals surface area contributed by atoms with Gasteiger partial charge in [0.05, 0.1) is 0 Å². The summed E-state index contributed by atoms with van der Waals surface area (Å²) in [5.41, 5.74) is 5.87. The summed E-state index contributed by atoms with van der Waals surface area (Å²) in [6.07, 6.45) is 2.90. The summed E-state index contributed by atoms with van der Waals surface area (Å²) in [6, 6.07) is 0.253. The van der Waals surface area contributed by atoms with Crippen molar-refractivity contribution in [3.05, 3.63) is 0 Å². The molecule has 92 valence electrons. The van der Waals surface area contributed by atoms with Crippen LogP contribution >= 0.6 is 11.8 Å². The third kappa shape index (κ3) is 2.72. The topological polar surface area (TPSA) is 46.3 Å². The zero-order chi connectivity index (χ0) is 11.7. The Hall–Kier alpha value is -0.220. The van der Waals surface area contributed by atoms with Gasteiger partial charge in [0.25, 0.3) is 0 Å². The highest BCUT2D eigenvalue weighted by Crippen LogP contribution is 2.30. The Balaban J connectivity index is 1.93. The molecule has 4 heteroatoms. The molecule has 0 radical (unpaired) electrons. The molecular weight excluding hydrogens is 220 g/mol. The lowest BCUT2D eigenvalue weighted by atomic mass is 10.1. The maximum Gasteiger partial charge on any atom is 0.225 e. The molecule has 3 nitrogen and oxygen atoms in total. The maximum atomic E-state index is 12.3. The second-order valence-corrected chi connectivity index (χ2v) is 7.15. The minimum absolute atomic E-state index is 0.206. The molecule has 0 bridgehead atoms. The molecule has 0 spiro atoms. The van der Waals surface area contributed by atoms with E-state index in [1.165, 1.54) is 0 Å². The van der Waals surface area contributed by atoms with E-state index in [-0.39, 0.29) is 12.0 Å². The highest BCUT2D eigenvalue weighted by molar-refractivity contribution is 8.00. The number of thioether (sulfide) groups is 1. The van der Waals surface area contributed by atoms with Crippen molar-refractivity contribution in [2.75, 3.05) is 13.1 Å². The Kier molecular flexibility index (Phi) is 3.80. The Morgan fingerprint density at radius 3 is 2.38 bits per heavy atom. The Bertz CT molecular complexity index is 262. The molecule has 0 aromatic rings. The summed E-state index contributed by atoms with van der Waals surface area (Å²) in [5, 5.41) is 1.14. The van der Waals surface area contributed by atoms with Crippen LogP contribution in [-0.4, -0.2) is 40.4 Å². The van der Waals surface area contributed by atoms with Gasteiger partial charge in [0.1, 0.15) is 0 Å². The second-order valence-electron chi connectivity index (χ2n) is 5.27. The van der Waals surface area contributed by atoms with Crippen LogP contribution in [0.25, 0.3) is 0 Å². The molecule has 2 fully saturated rings. The standard InChI is InChI=1S/C12H22N2OS/c1-8-6-14(7-9(2)16-8)12(15)10-3-4-11(13)5-10/h8-11H,3-7,13H2,1-2H3. The molecule has 16 heavy (non-hydrogen) atoms. The van der Waals surface area contributed by atoms with E-state index in [9.17, 15) is 4.79 Å². The first-order chi connectivity index (χ1) is 7.56. The van der Waals surface area contributed by atoms with Gasteiger partial charge in [0.2, 0.25) is 5.91 Å². The SMILES string of the molecule is CC1CN(C(=O)C2CCC(N)C2)CC(C)S1. The minimum atomic E-state index is 0.206. The van der Waals surface area contributed by atoms with Crippen molar-refractivity contribution in [1.82, 2.24) is 4.90 Å². The highest BCUT2D eigenvalue weighted by atomic mass is 32.2. The average molecular weight is 242 g/mol. The van der Waals surface area contributed by atoms with Crippen LogP contribution in [0.1, 0.15) is 33.1 Å². The van der Waals surface area contributed by atoms with E-state index in [1.807, 2.05) is 11.8 Å².